The first kappa shape index (κ1) is 29.0. The third-order valence-electron chi connectivity index (χ3n) is 6.80. The van der Waals surface area contributed by atoms with Crippen LogP contribution < -0.4 is 14.8 Å². The van der Waals surface area contributed by atoms with Crippen LogP contribution in [0.2, 0.25) is 0 Å². The van der Waals surface area contributed by atoms with Crippen molar-refractivity contribution < 1.29 is 33.7 Å². The molecule has 1 saturated carbocycles. The molecule has 2 aromatic carbocycles. The average Bonchev–Trinajstić information content (AvgIpc) is 2.86. The Morgan fingerprint density at radius 1 is 1.05 bits per heavy atom. The number of carbonyl (C=O) groups is 3. The molecule has 3 rings (SSSR count). The number of urea groups is 1. The number of ether oxygens (including phenoxy) is 3. The number of nitrogens with zero attached hydrogens (tertiary/aromatic N) is 1. The SMILES string of the molecule is CCOc1cc([C@@H](C)N(CCOCc2ccccc2)C(=O)NC2(C(=O)O)CCC2)cc(OCC)c1C(C)=O. The van der Waals surface area contributed by atoms with Gasteiger partial charge >= 0.3 is 12.0 Å². The molecule has 38 heavy (non-hydrogen) atoms. The van der Waals surface area contributed by atoms with E-state index in [4.69, 9.17) is 14.2 Å². The van der Waals surface area contributed by atoms with E-state index in [1.165, 1.54) is 6.92 Å². The number of aliphatic carboxylic acids is 1. The highest BCUT2D eigenvalue weighted by Gasteiger charge is 2.46. The molecule has 1 aliphatic carbocycles. The monoisotopic (exact) mass is 526 g/mol. The zero-order chi connectivity index (χ0) is 27.7. The van der Waals surface area contributed by atoms with E-state index >= 15 is 0 Å². The second kappa shape index (κ2) is 13.3. The third-order valence-corrected chi connectivity index (χ3v) is 6.80. The van der Waals surface area contributed by atoms with E-state index in [1.807, 2.05) is 51.1 Å². The first-order chi connectivity index (χ1) is 18.2. The van der Waals surface area contributed by atoms with Crippen LogP contribution in [0, 0.1) is 0 Å². The van der Waals surface area contributed by atoms with Gasteiger partial charge in [0.25, 0.3) is 0 Å². The van der Waals surface area contributed by atoms with Crippen molar-refractivity contribution in [3.63, 3.8) is 0 Å². The van der Waals surface area contributed by atoms with Gasteiger partial charge in [-0.3, -0.25) is 4.79 Å². The molecule has 0 unspecified atom stereocenters. The number of hydrogen-bond acceptors (Lipinski definition) is 6. The topological polar surface area (TPSA) is 114 Å². The van der Waals surface area contributed by atoms with Gasteiger partial charge in [-0.2, -0.15) is 0 Å². The number of Topliss-reactive ketones (excluding diaryl/α,β-unsaturated/α-hetero) is 1. The Kier molecular flexibility index (Phi) is 10.1. The first-order valence-electron chi connectivity index (χ1n) is 13.1. The van der Waals surface area contributed by atoms with E-state index in [0.717, 1.165) is 12.0 Å². The lowest BCUT2D eigenvalue weighted by atomic mass is 9.77. The van der Waals surface area contributed by atoms with Crippen molar-refractivity contribution in [1.29, 1.82) is 0 Å². The van der Waals surface area contributed by atoms with Crippen LogP contribution in [-0.4, -0.2) is 59.7 Å². The molecule has 0 saturated heterocycles. The molecule has 2 aromatic rings. The van der Waals surface area contributed by atoms with E-state index < -0.39 is 23.6 Å². The largest absolute Gasteiger partial charge is 0.493 e. The van der Waals surface area contributed by atoms with E-state index in [2.05, 4.69) is 5.32 Å². The molecule has 0 bridgehead atoms. The summed E-state index contributed by atoms with van der Waals surface area (Å²) in [7, 11) is 0. The zero-order valence-corrected chi connectivity index (χ0v) is 22.6. The Morgan fingerprint density at radius 3 is 2.13 bits per heavy atom. The molecule has 9 nitrogen and oxygen atoms in total. The summed E-state index contributed by atoms with van der Waals surface area (Å²) in [5.41, 5.74) is 0.799. The lowest BCUT2D eigenvalue weighted by Crippen LogP contribution is -2.62. The van der Waals surface area contributed by atoms with Crippen molar-refractivity contribution in [2.24, 2.45) is 0 Å². The van der Waals surface area contributed by atoms with Crippen molar-refractivity contribution >= 4 is 17.8 Å². The third kappa shape index (κ3) is 6.83. The van der Waals surface area contributed by atoms with Crippen molar-refractivity contribution in [1.82, 2.24) is 10.2 Å². The number of carboxylic acids is 1. The normalized spacial score (nSPS) is 14.6. The fourth-order valence-corrected chi connectivity index (χ4v) is 4.51. The molecule has 9 heteroatoms. The van der Waals surface area contributed by atoms with Crippen LogP contribution in [0.1, 0.15) is 74.5 Å². The van der Waals surface area contributed by atoms with Gasteiger partial charge in [0.05, 0.1) is 32.5 Å². The minimum Gasteiger partial charge on any atom is -0.493 e. The average molecular weight is 527 g/mol. The second-order valence-electron chi connectivity index (χ2n) is 9.39. The molecule has 0 heterocycles. The summed E-state index contributed by atoms with van der Waals surface area (Å²) < 4.78 is 17.4. The van der Waals surface area contributed by atoms with Gasteiger partial charge in [0, 0.05) is 6.54 Å². The molecule has 0 aromatic heterocycles. The van der Waals surface area contributed by atoms with Crippen molar-refractivity contribution in [3.05, 3.63) is 59.2 Å². The predicted octanol–water partition coefficient (Wildman–Crippen LogP) is 4.98. The number of carboxylic acid groups (broad SMARTS) is 1. The fraction of sp³-hybridized carbons (Fsp3) is 0.483. The van der Waals surface area contributed by atoms with E-state index in [1.54, 1.807) is 17.0 Å². The quantitative estimate of drug-likeness (QED) is 0.263. The van der Waals surface area contributed by atoms with Crippen molar-refractivity contribution in [2.75, 3.05) is 26.4 Å². The van der Waals surface area contributed by atoms with Crippen LogP contribution in [0.15, 0.2) is 42.5 Å². The van der Waals surface area contributed by atoms with Gasteiger partial charge in [-0.1, -0.05) is 30.3 Å². The molecule has 206 valence electrons. The smallest absolute Gasteiger partial charge is 0.329 e. The Hall–Kier alpha value is -3.59. The lowest BCUT2D eigenvalue weighted by molar-refractivity contribution is -0.148. The van der Waals surface area contributed by atoms with Crippen LogP contribution in [0.4, 0.5) is 4.79 Å². The number of carbonyl (C=O) groups excluding carboxylic acids is 2. The summed E-state index contributed by atoms with van der Waals surface area (Å²) in [5, 5.41) is 12.5. The van der Waals surface area contributed by atoms with Gasteiger partial charge in [-0.25, -0.2) is 9.59 Å². The summed E-state index contributed by atoms with van der Waals surface area (Å²) in [6.45, 7) is 8.51. The summed E-state index contributed by atoms with van der Waals surface area (Å²) in [4.78, 5) is 39.4. The maximum absolute atomic E-state index is 13.5. The van der Waals surface area contributed by atoms with Gasteiger partial charge in [0.15, 0.2) is 5.78 Å². The highest BCUT2D eigenvalue weighted by molar-refractivity contribution is 5.99. The molecule has 0 aliphatic heterocycles. The number of nitrogens with one attached hydrogen (secondary N) is 1. The Balaban J connectivity index is 1.89. The number of ketones is 1. The number of rotatable bonds is 14. The van der Waals surface area contributed by atoms with Gasteiger partial charge in [0.1, 0.15) is 22.6 Å². The number of hydrogen-bond donors (Lipinski definition) is 2. The van der Waals surface area contributed by atoms with Gasteiger partial charge < -0.3 is 29.5 Å². The first-order valence-corrected chi connectivity index (χ1v) is 13.1. The Labute approximate surface area is 224 Å². The molecule has 1 atom stereocenters. The standard InChI is InChI=1S/C29H38N2O7/c1-5-37-24-17-23(18-25(38-6-2)26(24)21(4)32)20(3)31(15-16-36-19-22-11-8-7-9-12-22)28(35)30-29(27(33)34)13-10-14-29/h7-9,11-12,17-18,20H,5-6,10,13-16,19H2,1-4H3,(H,30,35)(H,33,34)/t20-/m1/s1. The summed E-state index contributed by atoms with van der Waals surface area (Å²) in [5.74, 6) is -0.453. The summed E-state index contributed by atoms with van der Waals surface area (Å²) in [6.07, 6.45) is 1.51. The molecule has 2 amide bonds. The van der Waals surface area contributed by atoms with E-state index in [-0.39, 0.29) is 18.9 Å². The number of benzene rings is 2. The van der Waals surface area contributed by atoms with E-state index in [0.29, 0.717) is 55.3 Å². The van der Waals surface area contributed by atoms with Gasteiger partial charge in [-0.05, 0) is 70.2 Å². The Morgan fingerprint density at radius 2 is 1.66 bits per heavy atom. The van der Waals surface area contributed by atoms with Crippen LogP contribution in [0.3, 0.4) is 0 Å². The highest BCUT2D eigenvalue weighted by atomic mass is 16.5. The maximum atomic E-state index is 13.5. The second-order valence-corrected chi connectivity index (χ2v) is 9.39. The minimum absolute atomic E-state index is 0.187. The number of amides is 2. The van der Waals surface area contributed by atoms with Crippen LogP contribution in [-0.2, 0) is 16.1 Å². The minimum atomic E-state index is -1.26. The predicted molar refractivity (Wildman–Crippen MR) is 143 cm³/mol. The molecular formula is C29H38N2O7. The Bertz CT molecular complexity index is 1090. The van der Waals surface area contributed by atoms with Gasteiger partial charge in [0.2, 0.25) is 0 Å². The van der Waals surface area contributed by atoms with Crippen LogP contribution >= 0.6 is 0 Å². The van der Waals surface area contributed by atoms with Crippen molar-refractivity contribution in [3.8, 4) is 11.5 Å². The van der Waals surface area contributed by atoms with Crippen LogP contribution in [0.25, 0.3) is 0 Å². The molecule has 0 spiro atoms. The molecular weight excluding hydrogens is 488 g/mol. The maximum Gasteiger partial charge on any atom is 0.329 e. The highest BCUT2D eigenvalue weighted by Crippen LogP contribution is 2.36. The molecule has 1 fully saturated rings. The summed E-state index contributed by atoms with van der Waals surface area (Å²) in [6, 6.07) is 12.2. The van der Waals surface area contributed by atoms with Gasteiger partial charge in [-0.15, -0.1) is 0 Å². The lowest BCUT2D eigenvalue weighted by Gasteiger charge is -2.41. The molecule has 2 N–H and O–H groups in total. The molecule has 1 aliphatic rings. The van der Waals surface area contributed by atoms with E-state index in [9.17, 15) is 19.5 Å². The van der Waals surface area contributed by atoms with Crippen LogP contribution in [0.5, 0.6) is 11.5 Å². The summed E-state index contributed by atoms with van der Waals surface area (Å²) >= 11 is 0. The fourth-order valence-electron chi connectivity index (χ4n) is 4.51. The molecule has 0 radical (unpaired) electrons. The zero-order valence-electron chi connectivity index (χ0n) is 22.6. The van der Waals surface area contributed by atoms with Crippen molar-refractivity contribution in [2.45, 2.75) is 65.1 Å².